The second-order valence-electron chi connectivity index (χ2n) is 13.3. The minimum absolute atomic E-state index is 0.108. The quantitative estimate of drug-likeness (QED) is 0.350. The summed E-state index contributed by atoms with van der Waals surface area (Å²) in [6.07, 6.45) is 9.65. The number of thiophene rings is 1. The van der Waals surface area contributed by atoms with E-state index in [1.807, 2.05) is 0 Å². The molecule has 0 bridgehead atoms. The number of amides is 3. The highest BCUT2D eigenvalue weighted by Gasteiger charge is 2.51. The van der Waals surface area contributed by atoms with Gasteiger partial charge in [0.1, 0.15) is 12.1 Å². The third-order valence-corrected chi connectivity index (χ3v) is 12.6. The fourth-order valence-corrected chi connectivity index (χ4v) is 9.47. The number of carbonyl (C=O) groups excluding carboxylic acids is 3. The van der Waals surface area contributed by atoms with E-state index in [2.05, 4.69) is 11.4 Å². The van der Waals surface area contributed by atoms with E-state index in [4.69, 9.17) is 9.79 Å². The molecule has 4 aliphatic rings. The van der Waals surface area contributed by atoms with Crippen LogP contribution in [0.5, 0.6) is 0 Å². The van der Waals surface area contributed by atoms with Crippen LogP contribution in [-0.4, -0.2) is 68.5 Å². The van der Waals surface area contributed by atoms with Gasteiger partial charge in [0.25, 0.3) is 5.91 Å². The lowest BCUT2D eigenvalue weighted by Crippen LogP contribution is -2.56. The topological polar surface area (TPSA) is 151 Å². The zero-order valence-electron chi connectivity index (χ0n) is 25.4. The number of benzene rings is 1. The summed E-state index contributed by atoms with van der Waals surface area (Å²) in [5.74, 6) is -0.597. The van der Waals surface area contributed by atoms with Gasteiger partial charge < -0.3 is 24.9 Å². The molecule has 2 aromatic rings. The van der Waals surface area contributed by atoms with E-state index in [9.17, 15) is 33.0 Å². The van der Waals surface area contributed by atoms with Gasteiger partial charge in [-0.25, -0.2) is 0 Å². The first-order valence-corrected chi connectivity index (χ1v) is 18.6. The van der Waals surface area contributed by atoms with Crippen molar-refractivity contribution in [2.24, 2.45) is 17.8 Å². The van der Waals surface area contributed by atoms with Gasteiger partial charge >= 0.3 is 13.3 Å². The molecule has 0 unspecified atom stereocenters. The molecule has 3 aliphatic heterocycles. The highest BCUT2D eigenvalue weighted by atomic mass is 32.1. The number of alkyl halides is 2. The Kier molecular flexibility index (Phi) is 9.29. The molecule has 3 amide bonds. The number of nitriles is 1. The Labute approximate surface area is 270 Å². The molecule has 4 fully saturated rings. The van der Waals surface area contributed by atoms with Crippen LogP contribution in [0.2, 0.25) is 0 Å². The monoisotopic (exact) mass is 676 g/mol. The van der Waals surface area contributed by atoms with Gasteiger partial charge in [0.15, 0.2) is 0 Å². The average molecular weight is 677 g/mol. The molecule has 46 heavy (non-hydrogen) atoms. The number of halogens is 2. The van der Waals surface area contributed by atoms with E-state index in [1.165, 1.54) is 18.6 Å². The SMILES string of the molecule is N#C[C@@H]1CN(C(=O)[C@@H]2CC[C@@H]3CCCC[C@H](NC(=O)c4cc5cc(C(F)(F)P(=O)(O)O)ccc5s4)C(=O)N32)C[C@H]1C1CCCCC1. The lowest BCUT2D eigenvalue weighted by atomic mass is 9.76. The third-order valence-electron chi connectivity index (χ3n) is 10.5. The number of carbonyl (C=O) groups is 3. The number of likely N-dealkylation sites (tertiary alicyclic amines) is 1. The van der Waals surface area contributed by atoms with Crippen molar-refractivity contribution < 1.29 is 37.5 Å². The Balaban J connectivity index is 1.17. The maximum absolute atomic E-state index is 14.3. The predicted octanol–water partition coefficient (Wildman–Crippen LogP) is 5.34. The van der Waals surface area contributed by atoms with Gasteiger partial charge in [0.05, 0.1) is 16.9 Å². The highest BCUT2D eigenvalue weighted by Crippen LogP contribution is 2.59. The Bertz CT molecular complexity index is 1600. The van der Waals surface area contributed by atoms with Gasteiger partial charge in [-0.3, -0.25) is 18.9 Å². The predicted molar refractivity (Wildman–Crippen MR) is 167 cm³/mol. The van der Waals surface area contributed by atoms with Crippen LogP contribution >= 0.6 is 18.9 Å². The van der Waals surface area contributed by atoms with E-state index >= 15 is 0 Å². The van der Waals surface area contributed by atoms with Crippen LogP contribution in [0.4, 0.5) is 8.78 Å². The molecule has 0 radical (unpaired) electrons. The molecule has 5 atom stereocenters. The van der Waals surface area contributed by atoms with Gasteiger partial charge in [-0.2, -0.15) is 14.0 Å². The molecule has 3 N–H and O–H groups in total. The number of nitrogens with zero attached hydrogens (tertiary/aromatic N) is 3. The van der Waals surface area contributed by atoms with Crippen LogP contribution in [-0.2, 0) is 19.8 Å². The number of rotatable bonds is 6. The summed E-state index contributed by atoms with van der Waals surface area (Å²) in [6, 6.07) is 5.37. The first kappa shape index (κ1) is 33.0. The van der Waals surface area contributed by atoms with Gasteiger partial charge in [0, 0.05) is 29.4 Å². The maximum Gasteiger partial charge on any atom is 0.399 e. The zero-order valence-corrected chi connectivity index (χ0v) is 27.2. The minimum atomic E-state index is -5.76. The standard InChI is InChI=1S/C32H39F2N4O6PS/c33-32(34,45(42,43)44)22-10-13-27-20(14-22)15-28(46-27)29(39)36-25-9-5-4-8-23-11-12-26(38(23)30(25)40)31(41)37-17-21(16-35)24(18-37)19-6-2-1-3-7-19/h10,13-15,19,21,23-26H,1-9,11-12,17-18H2,(H,36,39)(H2,42,43,44)/t21-,23+,24+,25+,26+/m1/s1. The van der Waals surface area contributed by atoms with E-state index < -0.39 is 36.8 Å². The summed E-state index contributed by atoms with van der Waals surface area (Å²) in [7, 11) is -5.76. The van der Waals surface area contributed by atoms with Gasteiger partial charge in [0.2, 0.25) is 11.8 Å². The highest BCUT2D eigenvalue weighted by molar-refractivity contribution is 7.52. The van der Waals surface area contributed by atoms with Gasteiger partial charge in [-0.15, -0.1) is 11.3 Å². The molecule has 10 nitrogen and oxygen atoms in total. The van der Waals surface area contributed by atoms with Crippen LogP contribution in [0.15, 0.2) is 24.3 Å². The second kappa shape index (κ2) is 12.9. The molecule has 0 spiro atoms. The largest absolute Gasteiger partial charge is 0.399 e. The molecule has 1 aliphatic carbocycles. The summed E-state index contributed by atoms with van der Waals surface area (Å²) in [4.78, 5) is 63.3. The van der Waals surface area contributed by atoms with E-state index in [-0.39, 0.29) is 40.0 Å². The molecule has 14 heteroatoms. The summed E-state index contributed by atoms with van der Waals surface area (Å²) >= 11 is 1.02. The third kappa shape index (κ3) is 6.21. The summed E-state index contributed by atoms with van der Waals surface area (Å²) in [5.41, 5.74) is -5.23. The van der Waals surface area contributed by atoms with Crippen molar-refractivity contribution in [3.63, 3.8) is 0 Å². The normalized spacial score (nSPS) is 28.1. The summed E-state index contributed by atoms with van der Waals surface area (Å²) < 4.78 is 40.4. The second-order valence-corrected chi connectivity index (χ2v) is 16.0. The fourth-order valence-electron chi connectivity index (χ4n) is 8.04. The first-order chi connectivity index (χ1) is 21.9. The van der Waals surface area contributed by atoms with Crippen LogP contribution < -0.4 is 5.32 Å². The van der Waals surface area contributed by atoms with Crippen molar-refractivity contribution in [2.45, 2.75) is 94.4 Å². The van der Waals surface area contributed by atoms with E-state index in [1.54, 1.807) is 9.80 Å². The van der Waals surface area contributed by atoms with Crippen molar-refractivity contribution in [1.82, 2.24) is 15.1 Å². The van der Waals surface area contributed by atoms with Crippen molar-refractivity contribution in [2.75, 3.05) is 13.1 Å². The fraction of sp³-hybridized carbons (Fsp3) is 0.625. The zero-order chi connectivity index (χ0) is 32.8. The Morgan fingerprint density at radius 2 is 1.72 bits per heavy atom. The van der Waals surface area contributed by atoms with Gasteiger partial charge in [-0.1, -0.05) is 51.0 Å². The molecule has 1 aromatic carbocycles. The van der Waals surface area contributed by atoms with Crippen molar-refractivity contribution in [1.29, 1.82) is 5.26 Å². The molecular formula is C32H39F2N4O6PS. The Morgan fingerprint density at radius 1 is 1.00 bits per heavy atom. The van der Waals surface area contributed by atoms with E-state index in [0.29, 0.717) is 49.4 Å². The summed E-state index contributed by atoms with van der Waals surface area (Å²) in [6.45, 7) is 0.923. The number of hydrogen-bond donors (Lipinski definition) is 3. The van der Waals surface area contributed by atoms with Crippen molar-refractivity contribution in [3.05, 3.63) is 34.7 Å². The lowest BCUT2D eigenvalue weighted by Gasteiger charge is -2.36. The minimum Gasteiger partial charge on any atom is -0.340 e. The smallest absolute Gasteiger partial charge is 0.340 e. The van der Waals surface area contributed by atoms with Gasteiger partial charge in [-0.05, 0) is 61.1 Å². The van der Waals surface area contributed by atoms with Crippen LogP contribution in [0.25, 0.3) is 10.1 Å². The van der Waals surface area contributed by atoms with Crippen molar-refractivity contribution in [3.8, 4) is 6.07 Å². The maximum atomic E-state index is 14.3. The number of nitrogens with one attached hydrogen (secondary N) is 1. The molecule has 3 saturated heterocycles. The van der Waals surface area contributed by atoms with Crippen LogP contribution in [0.3, 0.4) is 0 Å². The molecule has 248 valence electrons. The molecular weight excluding hydrogens is 637 g/mol. The first-order valence-electron chi connectivity index (χ1n) is 16.2. The van der Waals surface area contributed by atoms with Crippen molar-refractivity contribution >= 4 is 46.7 Å². The van der Waals surface area contributed by atoms with Crippen LogP contribution in [0, 0.1) is 29.1 Å². The Hall–Kier alpha value is -2.91. The average Bonchev–Trinajstić information content (AvgIpc) is 3.77. The molecule has 1 saturated carbocycles. The molecule has 6 rings (SSSR count). The molecule has 4 heterocycles. The Morgan fingerprint density at radius 3 is 2.43 bits per heavy atom. The lowest BCUT2D eigenvalue weighted by molar-refractivity contribution is -0.146. The van der Waals surface area contributed by atoms with E-state index in [0.717, 1.165) is 62.0 Å². The number of fused-ring (bicyclic) bond motifs is 2. The molecule has 1 aromatic heterocycles. The number of hydrogen-bond acceptors (Lipinski definition) is 6. The summed E-state index contributed by atoms with van der Waals surface area (Å²) in [5, 5.41) is 13.0. The van der Waals surface area contributed by atoms with Crippen LogP contribution in [0.1, 0.15) is 85.9 Å².